The van der Waals surface area contributed by atoms with Crippen LogP contribution in [0.3, 0.4) is 0 Å². The van der Waals surface area contributed by atoms with Crippen molar-refractivity contribution in [2.75, 3.05) is 26.7 Å². The minimum atomic E-state index is 0.127. The van der Waals surface area contributed by atoms with Crippen molar-refractivity contribution < 1.29 is 4.79 Å². The molecule has 0 aromatic rings. The molecule has 0 aliphatic carbocycles. The van der Waals surface area contributed by atoms with Gasteiger partial charge in [0.05, 0.1) is 0 Å². The van der Waals surface area contributed by atoms with Crippen molar-refractivity contribution in [1.29, 1.82) is 0 Å². The molecule has 1 fully saturated rings. The second-order valence-electron chi connectivity index (χ2n) is 4.48. The monoisotopic (exact) mass is 208 g/mol. The molecule has 0 saturated carbocycles. The first-order chi connectivity index (χ1) is 7.04. The van der Waals surface area contributed by atoms with Gasteiger partial charge in [0.1, 0.15) is 0 Å². The van der Waals surface area contributed by atoms with Gasteiger partial charge in [-0.2, -0.15) is 0 Å². The van der Waals surface area contributed by atoms with Gasteiger partial charge in [-0.1, -0.05) is 0 Å². The number of likely N-dealkylation sites (tertiary alicyclic amines) is 1. The predicted molar refractivity (Wildman–Crippen MR) is 61.3 cm³/mol. The van der Waals surface area contributed by atoms with E-state index in [0.29, 0.717) is 12.5 Å². The Labute approximate surface area is 92.4 Å². The fourth-order valence-electron chi connectivity index (χ4n) is 1.64. The smallest absolute Gasteiger partial charge is 0.223 e. The highest BCUT2D eigenvalue weighted by Crippen LogP contribution is 2.16. The summed E-state index contributed by atoms with van der Waals surface area (Å²) in [6.07, 6.45) is 5.85. The standard InChI is InChI=1S/C12H20N2O/c1-5-11-8-12(15)14(9-11)7-6-13(4)10(2)3/h1,10-11H,6-9H2,2-4H3. The van der Waals surface area contributed by atoms with Crippen molar-refractivity contribution in [3.05, 3.63) is 0 Å². The van der Waals surface area contributed by atoms with Crippen LogP contribution in [0.5, 0.6) is 0 Å². The molecule has 1 aliphatic heterocycles. The van der Waals surface area contributed by atoms with Crippen LogP contribution in [0.4, 0.5) is 0 Å². The minimum absolute atomic E-state index is 0.127. The molecule has 1 heterocycles. The van der Waals surface area contributed by atoms with Crippen molar-refractivity contribution in [3.63, 3.8) is 0 Å². The molecule has 3 nitrogen and oxygen atoms in total. The van der Waals surface area contributed by atoms with E-state index in [1.165, 1.54) is 0 Å². The van der Waals surface area contributed by atoms with E-state index in [1.54, 1.807) is 0 Å². The molecule has 1 atom stereocenters. The summed E-state index contributed by atoms with van der Waals surface area (Å²) in [5, 5.41) is 0. The normalized spacial score (nSPS) is 21.5. The molecule has 3 heteroatoms. The molecule has 1 saturated heterocycles. The lowest BCUT2D eigenvalue weighted by molar-refractivity contribution is -0.127. The predicted octanol–water partition coefficient (Wildman–Crippen LogP) is 0.808. The Morgan fingerprint density at radius 2 is 2.33 bits per heavy atom. The van der Waals surface area contributed by atoms with Gasteiger partial charge < -0.3 is 9.80 Å². The molecule has 1 amide bonds. The highest BCUT2D eigenvalue weighted by molar-refractivity contribution is 5.79. The van der Waals surface area contributed by atoms with E-state index in [9.17, 15) is 4.79 Å². The maximum atomic E-state index is 11.5. The number of amides is 1. The van der Waals surface area contributed by atoms with Crippen LogP contribution in [0.1, 0.15) is 20.3 Å². The van der Waals surface area contributed by atoms with Gasteiger partial charge >= 0.3 is 0 Å². The maximum Gasteiger partial charge on any atom is 0.223 e. The number of hydrogen-bond donors (Lipinski definition) is 0. The van der Waals surface area contributed by atoms with Gasteiger partial charge in [0.15, 0.2) is 0 Å². The molecule has 0 aromatic carbocycles. The van der Waals surface area contributed by atoms with Crippen LogP contribution in [0.2, 0.25) is 0 Å². The summed E-state index contributed by atoms with van der Waals surface area (Å²) >= 11 is 0. The summed E-state index contributed by atoms with van der Waals surface area (Å²) in [6.45, 7) is 6.75. The summed E-state index contributed by atoms with van der Waals surface area (Å²) in [7, 11) is 2.07. The second-order valence-corrected chi connectivity index (χ2v) is 4.48. The number of rotatable bonds is 4. The van der Waals surface area contributed by atoms with Crippen LogP contribution in [0.15, 0.2) is 0 Å². The van der Waals surface area contributed by atoms with Gasteiger partial charge in [-0.15, -0.1) is 12.3 Å². The molecule has 1 rings (SSSR count). The number of hydrogen-bond acceptors (Lipinski definition) is 2. The van der Waals surface area contributed by atoms with Crippen LogP contribution in [-0.4, -0.2) is 48.4 Å². The number of nitrogens with zero attached hydrogens (tertiary/aromatic N) is 2. The van der Waals surface area contributed by atoms with Crippen molar-refractivity contribution in [2.24, 2.45) is 5.92 Å². The third-order valence-corrected chi connectivity index (χ3v) is 3.05. The molecule has 0 spiro atoms. The van der Waals surface area contributed by atoms with Gasteiger partial charge in [-0.05, 0) is 20.9 Å². The van der Waals surface area contributed by atoms with Crippen LogP contribution >= 0.6 is 0 Å². The largest absolute Gasteiger partial charge is 0.340 e. The lowest BCUT2D eigenvalue weighted by atomic mass is 10.1. The second kappa shape index (κ2) is 5.18. The lowest BCUT2D eigenvalue weighted by Gasteiger charge is -2.24. The molecule has 0 bridgehead atoms. The van der Waals surface area contributed by atoms with Crippen molar-refractivity contribution in [3.8, 4) is 12.3 Å². The van der Waals surface area contributed by atoms with E-state index in [4.69, 9.17) is 6.42 Å². The zero-order valence-corrected chi connectivity index (χ0v) is 9.86. The molecule has 1 unspecified atom stereocenters. The summed E-state index contributed by atoms with van der Waals surface area (Å²) in [6, 6.07) is 0.520. The number of likely N-dealkylation sites (N-methyl/N-ethyl adjacent to an activating group) is 1. The molecular weight excluding hydrogens is 188 g/mol. The van der Waals surface area contributed by atoms with E-state index in [0.717, 1.165) is 19.6 Å². The SMILES string of the molecule is C#CC1CC(=O)N(CCN(C)C(C)C)C1. The van der Waals surface area contributed by atoms with E-state index >= 15 is 0 Å². The zero-order valence-electron chi connectivity index (χ0n) is 9.86. The highest BCUT2D eigenvalue weighted by atomic mass is 16.2. The number of carbonyl (C=O) groups excluding carboxylic acids is 1. The molecule has 15 heavy (non-hydrogen) atoms. The molecule has 0 aromatic heterocycles. The Kier molecular flexibility index (Phi) is 4.16. The molecule has 0 radical (unpaired) electrons. The van der Waals surface area contributed by atoms with Gasteiger partial charge in [-0.3, -0.25) is 4.79 Å². The number of carbonyl (C=O) groups is 1. The Morgan fingerprint density at radius 1 is 1.67 bits per heavy atom. The van der Waals surface area contributed by atoms with E-state index in [2.05, 4.69) is 31.7 Å². The number of terminal acetylenes is 1. The molecule has 0 N–H and O–H groups in total. The van der Waals surface area contributed by atoms with Crippen molar-refractivity contribution in [1.82, 2.24) is 9.80 Å². The maximum absolute atomic E-state index is 11.5. The van der Waals surface area contributed by atoms with E-state index in [1.807, 2.05) is 4.90 Å². The molecule has 1 aliphatic rings. The fraction of sp³-hybridized carbons (Fsp3) is 0.750. The van der Waals surface area contributed by atoms with Crippen LogP contribution < -0.4 is 0 Å². The zero-order chi connectivity index (χ0) is 11.4. The van der Waals surface area contributed by atoms with Crippen LogP contribution in [0.25, 0.3) is 0 Å². The van der Waals surface area contributed by atoms with Crippen LogP contribution in [-0.2, 0) is 4.79 Å². The third kappa shape index (κ3) is 3.24. The fourth-order valence-corrected chi connectivity index (χ4v) is 1.64. The Hall–Kier alpha value is -1.01. The minimum Gasteiger partial charge on any atom is -0.340 e. The van der Waals surface area contributed by atoms with Crippen LogP contribution in [0, 0.1) is 18.3 Å². The topological polar surface area (TPSA) is 23.6 Å². The Morgan fingerprint density at radius 3 is 2.80 bits per heavy atom. The highest BCUT2D eigenvalue weighted by Gasteiger charge is 2.27. The van der Waals surface area contributed by atoms with E-state index in [-0.39, 0.29) is 11.8 Å². The van der Waals surface area contributed by atoms with Gasteiger partial charge in [0, 0.05) is 38.0 Å². The quantitative estimate of drug-likeness (QED) is 0.638. The molecular formula is C12H20N2O. The first-order valence-corrected chi connectivity index (χ1v) is 5.48. The summed E-state index contributed by atoms with van der Waals surface area (Å²) in [5.74, 6) is 2.99. The van der Waals surface area contributed by atoms with Gasteiger partial charge in [-0.25, -0.2) is 0 Å². The van der Waals surface area contributed by atoms with Gasteiger partial charge in [0.25, 0.3) is 0 Å². The first kappa shape index (κ1) is 12.1. The van der Waals surface area contributed by atoms with Crippen molar-refractivity contribution >= 4 is 5.91 Å². The summed E-state index contributed by atoms with van der Waals surface area (Å²) in [4.78, 5) is 15.6. The lowest BCUT2D eigenvalue weighted by Crippen LogP contribution is -2.37. The average molecular weight is 208 g/mol. The third-order valence-electron chi connectivity index (χ3n) is 3.05. The summed E-state index contributed by atoms with van der Waals surface area (Å²) < 4.78 is 0. The van der Waals surface area contributed by atoms with E-state index < -0.39 is 0 Å². The average Bonchev–Trinajstić information content (AvgIpc) is 2.55. The van der Waals surface area contributed by atoms with Gasteiger partial charge in [0.2, 0.25) is 5.91 Å². The van der Waals surface area contributed by atoms with Crippen molar-refractivity contribution in [2.45, 2.75) is 26.3 Å². The Bertz CT molecular complexity index is 267. The summed E-state index contributed by atoms with van der Waals surface area (Å²) in [5.41, 5.74) is 0. The first-order valence-electron chi connectivity index (χ1n) is 5.48. The Balaban J connectivity index is 2.34. The molecule has 84 valence electrons.